The quantitative estimate of drug-likeness (QED) is 0.374. The van der Waals surface area contributed by atoms with E-state index in [0.29, 0.717) is 22.3 Å². The Balaban J connectivity index is 1.18. The van der Waals surface area contributed by atoms with Crippen molar-refractivity contribution >= 4 is 40.0 Å². The van der Waals surface area contributed by atoms with Gasteiger partial charge < -0.3 is 15.8 Å². The third-order valence-corrected chi connectivity index (χ3v) is 7.31. The first-order valence-electron chi connectivity index (χ1n) is 11.5. The highest BCUT2D eigenvalue weighted by Gasteiger charge is 2.58. The fourth-order valence-electron chi connectivity index (χ4n) is 5.00. The second-order valence-electron chi connectivity index (χ2n) is 9.48. The molecule has 3 N–H and O–H groups in total. The summed E-state index contributed by atoms with van der Waals surface area (Å²) in [6.45, 7) is 0. The number of hydrogen-bond acceptors (Lipinski definition) is 5. The van der Waals surface area contributed by atoms with Crippen molar-refractivity contribution in [3.63, 3.8) is 0 Å². The Kier molecular flexibility index (Phi) is 5.19. The van der Waals surface area contributed by atoms with Gasteiger partial charge in [0.15, 0.2) is 0 Å². The van der Waals surface area contributed by atoms with Gasteiger partial charge in [0.2, 0.25) is 11.8 Å². The number of fused-ring (bicyclic) bond motifs is 1. The third kappa shape index (κ3) is 3.85. The molecule has 3 aliphatic rings. The standard InChI is InChI=1S/C26H21ClFN5O3/c27-19-6-16(7-24(34)32-17-12-31-33(13-17)26-9-14(10-26)11-26)20(28)8-23(19)36-22-3-4-30-21-2-1-15(25(29)35)5-18(21)22/h1-6,8,12-14H,7,9-11H2,(H2,29,35)(H,32,34). The molecule has 2 heterocycles. The molecule has 4 aromatic rings. The van der Waals surface area contributed by atoms with E-state index in [4.69, 9.17) is 22.1 Å². The summed E-state index contributed by atoms with van der Waals surface area (Å²) in [5.41, 5.74) is 7.08. The number of amides is 2. The Morgan fingerprint density at radius 2 is 2.00 bits per heavy atom. The summed E-state index contributed by atoms with van der Waals surface area (Å²) in [5, 5.41) is 7.82. The van der Waals surface area contributed by atoms with Crippen molar-refractivity contribution in [3.05, 3.63) is 77.0 Å². The number of aromatic nitrogens is 3. The number of nitrogens with one attached hydrogen (secondary N) is 1. The molecule has 182 valence electrons. The molecule has 2 aromatic carbocycles. The average molecular weight is 506 g/mol. The first-order valence-corrected chi connectivity index (χ1v) is 11.9. The highest BCUT2D eigenvalue weighted by Crippen LogP contribution is 2.62. The van der Waals surface area contributed by atoms with E-state index in [0.717, 1.165) is 31.2 Å². The summed E-state index contributed by atoms with van der Waals surface area (Å²) in [6.07, 6.45) is 8.19. The molecule has 0 spiro atoms. The number of nitrogens with two attached hydrogens (primary N) is 1. The minimum Gasteiger partial charge on any atom is -0.455 e. The molecule has 7 rings (SSSR count). The van der Waals surface area contributed by atoms with Crippen LogP contribution < -0.4 is 15.8 Å². The van der Waals surface area contributed by atoms with Gasteiger partial charge in [-0.05, 0) is 61.1 Å². The molecule has 10 heteroatoms. The van der Waals surface area contributed by atoms with Gasteiger partial charge in [-0.15, -0.1) is 0 Å². The zero-order chi connectivity index (χ0) is 25.0. The van der Waals surface area contributed by atoms with Crippen LogP contribution >= 0.6 is 11.6 Å². The van der Waals surface area contributed by atoms with Crippen LogP contribution in [0.3, 0.4) is 0 Å². The maximum absolute atomic E-state index is 14.9. The number of pyridine rings is 1. The largest absolute Gasteiger partial charge is 0.455 e. The predicted molar refractivity (Wildman–Crippen MR) is 132 cm³/mol. The average Bonchev–Trinajstić information content (AvgIpc) is 3.22. The fourth-order valence-corrected chi connectivity index (χ4v) is 5.23. The number of anilines is 1. The lowest BCUT2D eigenvalue weighted by molar-refractivity contribution is -0.115. The zero-order valence-corrected chi connectivity index (χ0v) is 19.8. The van der Waals surface area contributed by atoms with E-state index in [9.17, 15) is 14.0 Å². The summed E-state index contributed by atoms with van der Waals surface area (Å²) in [5.74, 6) is -0.395. The summed E-state index contributed by atoms with van der Waals surface area (Å²) >= 11 is 6.38. The summed E-state index contributed by atoms with van der Waals surface area (Å²) < 4.78 is 22.7. The molecule has 0 radical (unpaired) electrons. The molecule has 8 nitrogen and oxygen atoms in total. The summed E-state index contributed by atoms with van der Waals surface area (Å²) in [4.78, 5) is 28.4. The summed E-state index contributed by atoms with van der Waals surface area (Å²) in [6, 6.07) is 8.85. The molecule has 2 amide bonds. The number of benzene rings is 2. The van der Waals surface area contributed by atoms with Gasteiger partial charge in [-0.25, -0.2) is 4.39 Å². The van der Waals surface area contributed by atoms with Crippen LogP contribution in [0.25, 0.3) is 10.9 Å². The van der Waals surface area contributed by atoms with Gasteiger partial charge >= 0.3 is 0 Å². The highest BCUT2D eigenvalue weighted by atomic mass is 35.5. The lowest BCUT2D eigenvalue weighted by Crippen LogP contribution is -2.59. The number of ether oxygens (including phenoxy) is 1. The number of carbonyl (C=O) groups is 2. The van der Waals surface area contributed by atoms with Gasteiger partial charge in [0.1, 0.15) is 17.3 Å². The minimum absolute atomic E-state index is 0.0649. The molecule has 2 bridgehead atoms. The van der Waals surface area contributed by atoms with E-state index in [1.54, 1.807) is 30.5 Å². The fraction of sp³-hybridized carbons (Fsp3) is 0.231. The Labute approximate surface area is 210 Å². The Bertz CT molecular complexity index is 1540. The van der Waals surface area contributed by atoms with Gasteiger partial charge in [-0.1, -0.05) is 11.6 Å². The molecule has 0 saturated heterocycles. The highest BCUT2D eigenvalue weighted by molar-refractivity contribution is 6.32. The van der Waals surface area contributed by atoms with Gasteiger partial charge in [-0.2, -0.15) is 5.10 Å². The number of hydrogen-bond donors (Lipinski definition) is 2. The van der Waals surface area contributed by atoms with Crippen LogP contribution in [0.2, 0.25) is 5.02 Å². The summed E-state index contributed by atoms with van der Waals surface area (Å²) in [7, 11) is 0. The van der Waals surface area contributed by atoms with Crippen LogP contribution in [0.15, 0.2) is 55.0 Å². The molecular weight excluding hydrogens is 485 g/mol. The van der Waals surface area contributed by atoms with E-state index < -0.39 is 11.7 Å². The maximum Gasteiger partial charge on any atom is 0.248 e. The molecule has 0 atom stereocenters. The lowest BCUT2D eigenvalue weighted by Gasteiger charge is -2.61. The van der Waals surface area contributed by atoms with Crippen molar-refractivity contribution in [2.45, 2.75) is 31.2 Å². The van der Waals surface area contributed by atoms with Crippen molar-refractivity contribution < 1.29 is 18.7 Å². The first kappa shape index (κ1) is 22.5. The normalized spacial score (nSPS) is 19.9. The molecular formula is C26H21ClFN5O3. The van der Waals surface area contributed by atoms with Crippen LogP contribution in [0.4, 0.5) is 10.1 Å². The zero-order valence-electron chi connectivity index (χ0n) is 19.0. The number of primary amides is 1. The second kappa shape index (κ2) is 8.30. The second-order valence-corrected chi connectivity index (χ2v) is 9.89. The molecule has 3 saturated carbocycles. The molecule has 0 aliphatic heterocycles. The van der Waals surface area contributed by atoms with Crippen LogP contribution in [0, 0.1) is 11.7 Å². The van der Waals surface area contributed by atoms with E-state index in [1.807, 2.05) is 10.9 Å². The van der Waals surface area contributed by atoms with E-state index >= 15 is 0 Å². The molecule has 36 heavy (non-hydrogen) atoms. The topological polar surface area (TPSA) is 112 Å². The Hall–Kier alpha value is -3.98. The van der Waals surface area contributed by atoms with Crippen molar-refractivity contribution in [2.75, 3.05) is 5.32 Å². The third-order valence-electron chi connectivity index (χ3n) is 7.02. The van der Waals surface area contributed by atoms with Gasteiger partial charge in [0, 0.05) is 29.4 Å². The van der Waals surface area contributed by atoms with Gasteiger partial charge in [0.25, 0.3) is 0 Å². The molecule has 3 fully saturated rings. The molecule has 0 unspecified atom stereocenters. The number of halogens is 2. The van der Waals surface area contributed by atoms with E-state index in [1.165, 1.54) is 12.3 Å². The van der Waals surface area contributed by atoms with Crippen molar-refractivity contribution in [1.82, 2.24) is 14.8 Å². The van der Waals surface area contributed by atoms with Crippen LogP contribution in [0.5, 0.6) is 11.5 Å². The van der Waals surface area contributed by atoms with Crippen molar-refractivity contribution in [2.24, 2.45) is 11.7 Å². The van der Waals surface area contributed by atoms with Crippen LogP contribution in [-0.4, -0.2) is 26.6 Å². The minimum atomic E-state index is -0.634. The van der Waals surface area contributed by atoms with Gasteiger partial charge in [-0.3, -0.25) is 19.3 Å². The maximum atomic E-state index is 14.9. The number of rotatable bonds is 7. The predicted octanol–water partition coefficient (Wildman–Crippen LogP) is 4.81. The number of nitrogens with zero attached hydrogens (tertiary/aromatic N) is 3. The van der Waals surface area contributed by atoms with Crippen LogP contribution in [-0.2, 0) is 16.8 Å². The molecule has 2 aromatic heterocycles. The van der Waals surface area contributed by atoms with Gasteiger partial charge in [0.05, 0.1) is 34.4 Å². The Morgan fingerprint density at radius 3 is 2.72 bits per heavy atom. The first-order chi connectivity index (χ1) is 17.3. The van der Waals surface area contributed by atoms with E-state index in [2.05, 4.69) is 15.4 Å². The van der Waals surface area contributed by atoms with Crippen molar-refractivity contribution in [3.8, 4) is 11.5 Å². The Morgan fingerprint density at radius 1 is 1.19 bits per heavy atom. The lowest BCUT2D eigenvalue weighted by atomic mass is 9.50. The smallest absolute Gasteiger partial charge is 0.248 e. The number of carbonyl (C=O) groups excluding carboxylic acids is 2. The monoisotopic (exact) mass is 505 g/mol. The SMILES string of the molecule is NC(=O)c1ccc2nccc(Oc3cc(F)c(CC(=O)Nc4cnn(C56CC(C5)C6)c4)cc3Cl)c2c1. The molecule has 3 aliphatic carbocycles. The van der Waals surface area contributed by atoms with E-state index in [-0.39, 0.29) is 39.8 Å². The van der Waals surface area contributed by atoms with Crippen molar-refractivity contribution in [1.29, 1.82) is 0 Å². The van der Waals surface area contributed by atoms with Crippen LogP contribution in [0.1, 0.15) is 35.2 Å².